The second-order valence-corrected chi connectivity index (χ2v) is 8.92. The summed E-state index contributed by atoms with van der Waals surface area (Å²) in [4.78, 5) is 19.6. The van der Waals surface area contributed by atoms with Crippen LogP contribution in [0.25, 0.3) is 21.3 Å². The summed E-state index contributed by atoms with van der Waals surface area (Å²) in [6.45, 7) is 1.16. The number of amides is 1. The molecule has 0 aliphatic heterocycles. The van der Waals surface area contributed by atoms with E-state index in [1.54, 1.807) is 12.3 Å². The van der Waals surface area contributed by atoms with E-state index in [9.17, 15) is 13.2 Å². The Balaban J connectivity index is 1.98. The first-order valence-electron chi connectivity index (χ1n) is 8.02. The van der Waals surface area contributed by atoms with Gasteiger partial charge in [0.1, 0.15) is 4.90 Å². The van der Waals surface area contributed by atoms with Crippen molar-refractivity contribution in [2.24, 2.45) is 0 Å². The van der Waals surface area contributed by atoms with Crippen molar-refractivity contribution in [3.05, 3.63) is 36.7 Å². The Bertz CT molecular complexity index is 1100. The topological polar surface area (TPSA) is 112 Å². The van der Waals surface area contributed by atoms with Gasteiger partial charge in [0.2, 0.25) is 15.9 Å². The molecule has 8 nitrogen and oxygen atoms in total. The molecule has 1 aromatic carbocycles. The number of nitrogens with one attached hydrogen (secondary N) is 1. The van der Waals surface area contributed by atoms with Gasteiger partial charge in [-0.3, -0.25) is 9.78 Å². The maximum absolute atomic E-state index is 12.6. The number of anilines is 1. The Morgan fingerprint density at radius 2 is 2.04 bits per heavy atom. The van der Waals surface area contributed by atoms with E-state index >= 15 is 0 Å². The van der Waals surface area contributed by atoms with Crippen LogP contribution in [0.4, 0.5) is 5.13 Å². The minimum atomic E-state index is -3.73. The fourth-order valence-electron chi connectivity index (χ4n) is 2.47. The lowest BCUT2D eigenvalue weighted by Gasteiger charge is -2.16. The molecule has 1 amide bonds. The number of carbonyl (C=O) groups is 1. The zero-order chi connectivity index (χ0) is 19.6. The molecule has 10 heteroatoms. The standard InChI is InChI=1S/C17H18N4O4S2/c1-11(23)19-17-20-15-4-3-12(8-16(15)26-17)13-7-14(10-18-9-13)27(24,25)21(2)5-6-22/h3-4,7-10,22H,5-6H2,1-2H3,(H,19,20,23). The van der Waals surface area contributed by atoms with E-state index in [0.29, 0.717) is 10.7 Å². The third-order valence-corrected chi connectivity index (χ3v) is 6.60. The average molecular weight is 406 g/mol. The van der Waals surface area contributed by atoms with Crippen LogP contribution in [-0.2, 0) is 14.8 Å². The predicted molar refractivity (Wildman–Crippen MR) is 104 cm³/mol. The maximum Gasteiger partial charge on any atom is 0.244 e. The van der Waals surface area contributed by atoms with Crippen molar-refractivity contribution in [3.8, 4) is 11.1 Å². The lowest BCUT2D eigenvalue weighted by atomic mass is 10.1. The Morgan fingerprint density at radius 1 is 1.26 bits per heavy atom. The van der Waals surface area contributed by atoms with Gasteiger partial charge in [-0.25, -0.2) is 13.4 Å². The molecule has 2 N–H and O–H groups in total. The van der Waals surface area contributed by atoms with E-state index in [1.807, 2.05) is 18.2 Å². The Labute approximate surface area is 160 Å². The largest absolute Gasteiger partial charge is 0.395 e. The number of fused-ring (bicyclic) bond motifs is 1. The quantitative estimate of drug-likeness (QED) is 0.647. The van der Waals surface area contributed by atoms with E-state index in [0.717, 1.165) is 20.1 Å². The van der Waals surface area contributed by atoms with Crippen molar-refractivity contribution < 1.29 is 18.3 Å². The summed E-state index contributed by atoms with van der Waals surface area (Å²) in [5.41, 5.74) is 2.17. The second kappa shape index (κ2) is 7.69. The van der Waals surface area contributed by atoms with Crippen molar-refractivity contribution >= 4 is 42.6 Å². The second-order valence-electron chi connectivity index (χ2n) is 5.84. The molecule has 0 aliphatic rings. The lowest BCUT2D eigenvalue weighted by molar-refractivity contribution is -0.114. The fourth-order valence-corrected chi connectivity index (χ4v) is 4.57. The van der Waals surface area contributed by atoms with Crippen molar-refractivity contribution in [1.82, 2.24) is 14.3 Å². The number of hydrogen-bond acceptors (Lipinski definition) is 7. The molecule has 3 rings (SSSR count). The van der Waals surface area contributed by atoms with E-state index in [4.69, 9.17) is 5.11 Å². The zero-order valence-corrected chi connectivity index (χ0v) is 16.3. The first-order chi connectivity index (χ1) is 12.8. The molecule has 142 valence electrons. The van der Waals surface area contributed by atoms with Gasteiger partial charge in [0.05, 0.1) is 16.8 Å². The number of hydrogen-bond donors (Lipinski definition) is 2. The smallest absolute Gasteiger partial charge is 0.244 e. The molecule has 0 radical (unpaired) electrons. The number of benzene rings is 1. The zero-order valence-electron chi connectivity index (χ0n) is 14.7. The third-order valence-electron chi connectivity index (χ3n) is 3.84. The molecule has 2 aromatic heterocycles. The van der Waals surface area contributed by atoms with Crippen LogP contribution < -0.4 is 5.32 Å². The highest BCUT2D eigenvalue weighted by atomic mass is 32.2. The summed E-state index contributed by atoms with van der Waals surface area (Å²) < 4.78 is 27.0. The van der Waals surface area contributed by atoms with Crippen LogP contribution in [0.15, 0.2) is 41.6 Å². The van der Waals surface area contributed by atoms with Crippen molar-refractivity contribution in [1.29, 1.82) is 0 Å². The highest BCUT2D eigenvalue weighted by Gasteiger charge is 2.21. The Kier molecular flexibility index (Phi) is 5.51. The van der Waals surface area contributed by atoms with Crippen LogP contribution in [0, 0.1) is 0 Å². The van der Waals surface area contributed by atoms with E-state index < -0.39 is 10.0 Å². The van der Waals surface area contributed by atoms with Gasteiger partial charge in [-0.15, -0.1) is 0 Å². The van der Waals surface area contributed by atoms with Crippen LogP contribution >= 0.6 is 11.3 Å². The number of rotatable bonds is 6. The van der Waals surface area contributed by atoms with Gasteiger partial charge >= 0.3 is 0 Å². The molecule has 0 saturated carbocycles. The van der Waals surface area contributed by atoms with Gasteiger partial charge in [0, 0.05) is 38.5 Å². The first kappa shape index (κ1) is 19.4. The van der Waals surface area contributed by atoms with E-state index in [1.165, 1.54) is 31.5 Å². The summed E-state index contributed by atoms with van der Waals surface area (Å²) in [7, 11) is -2.32. The molecule has 0 atom stereocenters. The van der Waals surface area contributed by atoms with Crippen molar-refractivity contribution in [2.75, 3.05) is 25.5 Å². The molecule has 0 unspecified atom stereocenters. The Morgan fingerprint density at radius 3 is 2.74 bits per heavy atom. The number of nitrogens with zero attached hydrogens (tertiary/aromatic N) is 3. The van der Waals surface area contributed by atoms with Gasteiger partial charge in [-0.05, 0) is 23.8 Å². The molecular weight excluding hydrogens is 388 g/mol. The number of pyridine rings is 1. The number of carbonyl (C=O) groups excluding carboxylic acids is 1. The van der Waals surface area contributed by atoms with Crippen LogP contribution in [0.2, 0.25) is 0 Å². The molecule has 0 aliphatic carbocycles. The normalized spacial score (nSPS) is 11.9. The number of thiazole rings is 1. The van der Waals surface area contributed by atoms with Gasteiger partial charge < -0.3 is 10.4 Å². The van der Waals surface area contributed by atoms with Crippen LogP contribution in [-0.4, -0.2) is 53.9 Å². The molecule has 0 saturated heterocycles. The number of aromatic nitrogens is 2. The summed E-state index contributed by atoms with van der Waals surface area (Å²) in [6.07, 6.45) is 2.87. The predicted octanol–water partition coefficient (Wildman–Crippen LogP) is 1.93. The molecule has 2 heterocycles. The molecule has 0 bridgehead atoms. The van der Waals surface area contributed by atoms with E-state index in [-0.39, 0.29) is 24.0 Å². The maximum atomic E-state index is 12.6. The monoisotopic (exact) mass is 406 g/mol. The molecule has 0 fully saturated rings. The molecular formula is C17H18N4O4S2. The highest BCUT2D eigenvalue weighted by molar-refractivity contribution is 7.89. The summed E-state index contributed by atoms with van der Waals surface area (Å²) >= 11 is 1.34. The third kappa shape index (κ3) is 4.14. The number of aliphatic hydroxyl groups is 1. The van der Waals surface area contributed by atoms with E-state index in [2.05, 4.69) is 15.3 Å². The first-order valence-corrected chi connectivity index (χ1v) is 10.3. The molecule has 3 aromatic rings. The number of aliphatic hydroxyl groups excluding tert-OH is 1. The molecule has 27 heavy (non-hydrogen) atoms. The fraction of sp³-hybridized carbons (Fsp3) is 0.235. The SMILES string of the molecule is CC(=O)Nc1nc2ccc(-c3cncc(S(=O)(=O)N(C)CCO)c3)cc2s1. The van der Waals surface area contributed by atoms with Crippen LogP contribution in [0.5, 0.6) is 0 Å². The van der Waals surface area contributed by atoms with Gasteiger partial charge in [0.25, 0.3) is 0 Å². The van der Waals surface area contributed by atoms with Crippen LogP contribution in [0.3, 0.4) is 0 Å². The number of sulfonamides is 1. The molecule has 0 spiro atoms. The number of likely N-dealkylation sites (N-methyl/N-ethyl adjacent to an activating group) is 1. The summed E-state index contributed by atoms with van der Waals surface area (Å²) in [5.74, 6) is -0.191. The highest BCUT2D eigenvalue weighted by Crippen LogP contribution is 2.31. The van der Waals surface area contributed by atoms with Gasteiger partial charge in [-0.1, -0.05) is 17.4 Å². The Hall–Kier alpha value is -2.40. The van der Waals surface area contributed by atoms with Crippen molar-refractivity contribution in [2.45, 2.75) is 11.8 Å². The minimum Gasteiger partial charge on any atom is -0.395 e. The average Bonchev–Trinajstić information content (AvgIpc) is 3.02. The van der Waals surface area contributed by atoms with Crippen LogP contribution in [0.1, 0.15) is 6.92 Å². The lowest BCUT2D eigenvalue weighted by Crippen LogP contribution is -2.29. The van der Waals surface area contributed by atoms with Gasteiger partial charge in [0.15, 0.2) is 5.13 Å². The van der Waals surface area contributed by atoms with Crippen molar-refractivity contribution in [3.63, 3.8) is 0 Å². The van der Waals surface area contributed by atoms with Gasteiger partial charge in [-0.2, -0.15) is 4.31 Å². The minimum absolute atomic E-state index is 0.00527. The summed E-state index contributed by atoms with van der Waals surface area (Å²) in [5, 5.41) is 12.2. The summed E-state index contributed by atoms with van der Waals surface area (Å²) in [6, 6.07) is 7.06.